The van der Waals surface area contributed by atoms with E-state index in [0.29, 0.717) is 0 Å². The van der Waals surface area contributed by atoms with E-state index in [4.69, 9.17) is 10.2 Å². The highest BCUT2D eigenvalue weighted by Gasteiger charge is 1.98. The van der Waals surface area contributed by atoms with E-state index >= 15 is 0 Å². The third-order valence-corrected chi connectivity index (χ3v) is 1.67. The summed E-state index contributed by atoms with van der Waals surface area (Å²) in [7, 11) is 0. The van der Waals surface area contributed by atoms with Gasteiger partial charge in [0.05, 0.1) is 6.10 Å². The Bertz CT molecular complexity index is 64.9. The summed E-state index contributed by atoms with van der Waals surface area (Å²) in [5.74, 6) is 0. The number of aliphatic hydroxyl groups excluding tert-OH is 2. The van der Waals surface area contributed by atoms with Gasteiger partial charge >= 0.3 is 0 Å². The summed E-state index contributed by atoms with van der Waals surface area (Å²) in [5, 5.41) is 17.5. The summed E-state index contributed by atoms with van der Waals surface area (Å²) in [6.45, 7) is 2.26. The molecule has 0 spiro atoms. The monoisotopic (exact) mass is 178 g/mol. The lowest BCUT2D eigenvalue weighted by Crippen LogP contribution is -2.03. The lowest BCUT2D eigenvalue weighted by Gasteiger charge is -2.05. The van der Waals surface area contributed by atoms with Crippen molar-refractivity contribution in [2.45, 2.75) is 60.0 Å². The van der Waals surface area contributed by atoms with Crippen LogP contribution in [0.15, 0.2) is 0 Å². The van der Waals surface area contributed by atoms with E-state index in [0.717, 1.165) is 32.1 Å². The highest BCUT2D eigenvalue weighted by molar-refractivity contribution is 4.52. The topological polar surface area (TPSA) is 40.5 Å². The molecule has 78 valence electrons. The van der Waals surface area contributed by atoms with Gasteiger partial charge in [-0.05, 0) is 19.3 Å². The van der Waals surface area contributed by atoms with E-state index in [1.54, 1.807) is 0 Å². The molecule has 0 aliphatic carbocycles. The van der Waals surface area contributed by atoms with Gasteiger partial charge in [0, 0.05) is 6.61 Å². The highest BCUT2D eigenvalue weighted by Crippen LogP contribution is 2.04. The molecule has 0 saturated heterocycles. The predicted molar refractivity (Wildman–Crippen MR) is 55.3 cm³/mol. The largest absolute Gasteiger partial charge is 0.396 e. The van der Waals surface area contributed by atoms with E-state index in [2.05, 4.69) is 0 Å². The zero-order valence-electron chi connectivity index (χ0n) is 6.71. The van der Waals surface area contributed by atoms with E-state index in [9.17, 15) is 0 Å². The minimum atomic E-state index is -0.126. The quantitative estimate of drug-likeness (QED) is 0.614. The minimum Gasteiger partial charge on any atom is -0.396 e. The Kier molecular flexibility index (Phi) is 20.1. The molecule has 0 fully saturated rings. The average Bonchev–Trinajstić information content (AvgIpc) is 1.98. The van der Waals surface area contributed by atoms with Crippen molar-refractivity contribution in [1.82, 2.24) is 0 Å². The summed E-state index contributed by atoms with van der Waals surface area (Å²) >= 11 is 0. The average molecular weight is 178 g/mol. The first-order valence-corrected chi connectivity index (χ1v) is 4.10. The third-order valence-electron chi connectivity index (χ3n) is 1.67. The van der Waals surface area contributed by atoms with Crippen LogP contribution in [0.3, 0.4) is 0 Å². The first kappa shape index (κ1) is 17.9. The molecule has 0 amide bonds. The maximum atomic E-state index is 9.09. The molecule has 0 aromatic heterocycles. The number of aliphatic hydroxyl groups is 2. The van der Waals surface area contributed by atoms with Gasteiger partial charge in [0.25, 0.3) is 0 Å². The fraction of sp³-hybridized carbons (Fsp3) is 1.00. The van der Waals surface area contributed by atoms with Gasteiger partial charge in [-0.1, -0.05) is 34.6 Å². The summed E-state index contributed by atoms with van der Waals surface area (Å²) < 4.78 is 0. The van der Waals surface area contributed by atoms with Crippen LogP contribution in [0.4, 0.5) is 0 Å². The second kappa shape index (κ2) is 13.5. The first-order valence-electron chi connectivity index (χ1n) is 4.10. The molecule has 0 heterocycles. The maximum absolute atomic E-state index is 9.09. The number of rotatable bonds is 6. The van der Waals surface area contributed by atoms with Crippen molar-refractivity contribution in [2.75, 3.05) is 6.61 Å². The molecule has 1 atom stereocenters. The summed E-state index contributed by atoms with van der Waals surface area (Å²) in [6.07, 6.45) is 4.55. The number of unbranched alkanes of at least 4 members (excludes halogenated alkanes) is 2. The molecule has 0 aromatic carbocycles. The molecule has 0 aromatic rings. The molecular formula is C10H26O2. The minimum absolute atomic E-state index is 0. The molecule has 1 unspecified atom stereocenters. The smallest absolute Gasteiger partial charge is 0.0537 e. The van der Waals surface area contributed by atoms with E-state index < -0.39 is 0 Å². The molecule has 0 bridgehead atoms. The van der Waals surface area contributed by atoms with E-state index in [1.807, 2.05) is 6.92 Å². The summed E-state index contributed by atoms with van der Waals surface area (Å²) in [4.78, 5) is 0. The van der Waals surface area contributed by atoms with Gasteiger partial charge in [-0.15, -0.1) is 0 Å². The van der Waals surface area contributed by atoms with E-state index in [-0.39, 0.29) is 27.6 Å². The fourth-order valence-corrected chi connectivity index (χ4v) is 0.873. The maximum Gasteiger partial charge on any atom is 0.0537 e. The molecular weight excluding hydrogens is 152 g/mol. The van der Waals surface area contributed by atoms with Gasteiger partial charge in [0.1, 0.15) is 0 Å². The summed E-state index contributed by atoms with van der Waals surface area (Å²) in [5.41, 5.74) is 0. The van der Waals surface area contributed by atoms with Crippen LogP contribution in [0.1, 0.15) is 53.9 Å². The summed E-state index contributed by atoms with van der Waals surface area (Å²) in [6, 6.07) is 0. The Balaban J connectivity index is -0.000000405. The van der Waals surface area contributed by atoms with Crippen LogP contribution in [0, 0.1) is 0 Å². The molecule has 0 aliphatic rings. The van der Waals surface area contributed by atoms with Crippen molar-refractivity contribution in [3.63, 3.8) is 0 Å². The molecule has 0 rings (SSSR count). The molecule has 2 nitrogen and oxygen atoms in total. The molecule has 2 N–H and O–H groups in total. The van der Waals surface area contributed by atoms with Crippen LogP contribution >= 0.6 is 0 Å². The lowest BCUT2D eigenvalue weighted by atomic mass is 10.1. The van der Waals surface area contributed by atoms with Gasteiger partial charge in [-0.3, -0.25) is 0 Å². The van der Waals surface area contributed by atoms with Crippen molar-refractivity contribution in [3.05, 3.63) is 0 Å². The van der Waals surface area contributed by atoms with Crippen LogP contribution in [0.5, 0.6) is 0 Å². The van der Waals surface area contributed by atoms with Gasteiger partial charge in [0.15, 0.2) is 0 Å². The molecule has 2 heteroatoms. The Morgan fingerprint density at radius 2 is 1.67 bits per heavy atom. The van der Waals surface area contributed by atoms with Crippen LogP contribution < -0.4 is 0 Å². The Morgan fingerprint density at radius 1 is 1.08 bits per heavy atom. The standard InChI is InChI=1S/C8H18O2.2CH4/c1-2-8(10)6-4-3-5-7-9;;/h8-10H,2-7H2,1H3;2*1H4. The number of hydrogen-bond acceptors (Lipinski definition) is 2. The second-order valence-corrected chi connectivity index (χ2v) is 2.64. The van der Waals surface area contributed by atoms with Crippen LogP contribution in [-0.2, 0) is 0 Å². The SMILES string of the molecule is C.C.CCC(O)CCCCCO. The van der Waals surface area contributed by atoms with Crippen molar-refractivity contribution >= 4 is 0 Å². The van der Waals surface area contributed by atoms with Gasteiger partial charge < -0.3 is 10.2 Å². The molecule has 0 radical (unpaired) electrons. The Labute approximate surface area is 77.6 Å². The number of hydrogen-bond donors (Lipinski definition) is 2. The second-order valence-electron chi connectivity index (χ2n) is 2.64. The molecule has 0 aliphatic heterocycles. The van der Waals surface area contributed by atoms with Crippen molar-refractivity contribution in [3.8, 4) is 0 Å². The lowest BCUT2D eigenvalue weighted by molar-refractivity contribution is 0.155. The fourth-order valence-electron chi connectivity index (χ4n) is 0.873. The normalized spacial score (nSPS) is 11.2. The van der Waals surface area contributed by atoms with Crippen LogP contribution in [0.2, 0.25) is 0 Å². The van der Waals surface area contributed by atoms with Crippen molar-refractivity contribution in [1.29, 1.82) is 0 Å². The van der Waals surface area contributed by atoms with Crippen LogP contribution in [0.25, 0.3) is 0 Å². The van der Waals surface area contributed by atoms with E-state index in [1.165, 1.54) is 0 Å². The zero-order valence-corrected chi connectivity index (χ0v) is 6.71. The Hall–Kier alpha value is -0.0800. The Morgan fingerprint density at radius 3 is 2.08 bits per heavy atom. The van der Waals surface area contributed by atoms with Gasteiger partial charge in [-0.2, -0.15) is 0 Å². The van der Waals surface area contributed by atoms with Crippen LogP contribution in [-0.4, -0.2) is 22.9 Å². The van der Waals surface area contributed by atoms with Crippen molar-refractivity contribution in [2.24, 2.45) is 0 Å². The van der Waals surface area contributed by atoms with Gasteiger partial charge in [0.2, 0.25) is 0 Å². The molecule has 12 heavy (non-hydrogen) atoms. The van der Waals surface area contributed by atoms with Crippen molar-refractivity contribution < 1.29 is 10.2 Å². The highest BCUT2D eigenvalue weighted by atomic mass is 16.3. The third kappa shape index (κ3) is 12.6. The first-order chi connectivity index (χ1) is 4.81. The molecule has 0 saturated carbocycles. The zero-order chi connectivity index (χ0) is 7.82. The predicted octanol–water partition coefficient (Wildman–Crippen LogP) is 2.58. The van der Waals surface area contributed by atoms with Gasteiger partial charge in [-0.25, -0.2) is 0 Å².